The van der Waals surface area contributed by atoms with Crippen LogP contribution in [0.5, 0.6) is 0 Å². The van der Waals surface area contributed by atoms with E-state index in [-0.39, 0.29) is 32.7 Å². The number of hydrogen-bond donors (Lipinski definition) is 0. The van der Waals surface area contributed by atoms with Gasteiger partial charge in [0.25, 0.3) is 0 Å². The first-order chi connectivity index (χ1) is 5.97. The molecule has 3 heteroatoms. The fourth-order valence-corrected chi connectivity index (χ4v) is 1.03. The van der Waals surface area contributed by atoms with Crippen LogP contribution < -0.4 is 0 Å². The Hall–Kier alpha value is -0.596. The van der Waals surface area contributed by atoms with Crippen LogP contribution in [0.1, 0.15) is 0 Å². The van der Waals surface area contributed by atoms with Gasteiger partial charge in [0.15, 0.2) is 0 Å². The zero-order valence-corrected chi connectivity index (χ0v) is 9.93. The van der Waals surface area contributed by atoms with Crippen LogP contribution in [0.15, 0.2) is 48.8 Å². The Balaban J connectivity index is 0.000000845. The van der Waals surface area contributed by atoms with Crippen molar-refractivity contribution in [1.29, 1.82) is 0 Å². The van der Waals surface area contributed by atoms with E-state index < -0.39 is 0 Å². The third-order valence-corrected chi connectivity index (χ3v) is 1.59. The van der Waals surface area contributed by atoms with Crippen LogP contribution in [-0.4, -0.2) is 9.97 Å². The fraction of sp³-hybridized carbons (Fsp3) is 0. The van der Waals surface area contributed by atoms with E-state index in [4.69, 9.17) is 0 Å². The Bertz CT molecular complexity index is 310. The Morgan fingerprint density at radius 2 is 1.15 bits per heavy atom. The SMILES string of the molecule is [Y].c1ccc(-c2ccccn2)nc1. The summed E-state index contributed by atoms with van der Waals surface area (Å²) in [6.07, 6.45) is 3.54. The van der Waals surface area contributed by atoms with Gasteiger partial charge in [-0.05, 0) is 24.3 Å². The summed E-state index contributed by atoms with van der Waals surface area (Å²) < 4.78 is 0. The summed E-state index contributed by atoms with van der Waals surface area (Å²) in [7, 11) is 0. The van der Waals surface area contributed by atoms with Crippen molar-refractivity contribution in [2.45, 2.75) is 0 Å². The normalized spacial score (nSPS) is 8.92. The summed E-state index contributed by atoms with van der Waals surface area (Å²) in [6.45, 7) is 0. The summed E-state index contributed by atoms with van der Waals surface area (Å²) in [5.41, 5.74) is 1.83. The summed E-state index contributed by atoms with van der Waals surface area (Å²) in [6, 6.07) is 11.6. The topological polar surface area (TPSA) is 25.8 Å². The molecule has 0 spiro atoms. The summed E-state index contributed by atoms with van der Waals surface area (Å²) >= 11 is 0. The molecule has 13 heavy (non-hydrogen) atoms. The average Bonchev–Trinajstić information content (AvgIpc) is 2.21. The Labute approximate surface area is 102 Å². The first-order valence-corrected chi connectivity index (χ1v) is 3.79. The molecule has 0 atom stereocenters. The molecule has 2 rings (SSSR count). The van der Waals surface area contributed by atoms with Crippen LogP contribution >= 0.6 is 0 Å². The van der Waals surface area contributed by atoms with Gasteiger partial charge in [-0.1, -0.05) is 12.1 Å². The van der Waals surface area contributed by atoms with Crippen LogP contribution in [0.2, 0.25) is 0 Å². The molecule has 0 saturated carbocycles. The monoisotopic (exact) mass is 245 g/mol. The van der Waals surface area contributed by atoms with Gasteiger partial charge >= 0.3 is 0 Å². The summed E-state index contributed by atoms with van der Waals surface area (Å²) in [4.78, 5) is 8.37. The number of nitrogens with zero attached hydrogens (tertiary/aromatic N) is 2. The van der Waals surface area contributed by atoms with E-state index in [1.54, 1.807) is 12.4 Å². The van der Waals surface area contributed by atoms with E-state index >= 15 is 0 Å². The third-order valence-electron chi connectivity index (χ3n) is 1.59. The molecule has 1 radical (unpaired) electrons. The van der Waals surface area contributed by atoms with Gasteiger partial charge in [-0.25, -0.2) is 0 Å². The Morgan fingerprint density at radius 3 is 1.46 bits per heavy atom. The molecule has 0 saturated heterocycles. The molecular formula is C10H8N2Y. The smallest absolute Gasteiger partial charge is 0.0886 e. The van der Waals surface area contributed by atoms with Gasteiger partial charge in [0.1, 0.15) is 0 Å². The quantitative estimate of drug-likeness (QED) is 0.769. The fourth-order valence-electron chi connectivity index (χ4n) is 1.03. The van der Waals surface area contributed by atoms with Gasteiger partial charge < -0.3 is 0 Å². The van der Waals surface area contributed by atoms with Crippen molar-refractivity contribution in [2.75, 3.05) is 0 Å². The molecule has 61 valence electrons. The number of hydrogen-bond acceptors (Lipinski definition) is 2. The van der Waals surface area contributed by atoms with E-state index in [0.29, 0.717) is 0 Å². The Morgan fingerprint density at radius 1 is 0.692 bits per heavy atom. The zero-order chi connectivity index (χ0) is 8.23. The van der Waals surface area contributed by atoms with Gasteiger partial charge in [0, 0.05) is 45.1 Å². The number of aromatic nitrogens is 2. The molecule has 0 fully saturated rings. The molecule has 0 N–H and O–H groups in total. The first-order valence-electron chi connectivity index (χ1n) is 3.79. The molecule has 0 aromatic carbocycles. The maximum absolute atomic E-state index is 4.19. The van der Waals surface area contributed by atoms with Crippen molar-refractivity contribution < 1.29 is 32.7 Å². The van der Waals surface area contributed by atoms with Crippen LogP contribution in [-0.2, 0) is 32.7 Å². The van der Waals surface area contributed by atoms with E-state index in [9.17, 15) is 0 Å². The standard InChI is InChI=1S/C10H8N2.Y/c1-3-7-11-9(5-1)10-6-2-4-8-12-10;/h1-8H;. The van der Waals surface area contributed by atoms with E-state index in [2.05, 4.69) is 9.97 Å². The summed E-state index contributed by atoms with van der Waals surface area (Å²) in [5, 5.41) is 0. The van der Waals surface area contributed by atoms with Gasteiger partial charge in [-0.3, -0.25) is 9.97 Å². The molecule has 0 unspecified atom stereocenters. The van der Waals surface area contributed by atoms with Crippen LogP contribution in [0.3, 0.4) is 0 Å². The molecule has 0 amide bonds. The predicted octanol–water partition coefficient (Wildman–Crippen LogP) is 2.14. The third kappa shape index (κ3) is 2.68. The van der Waals surface area contributed by atoms with Crippen LogP contribution in [0, 0.1) is 0 Å². The van der Waals surface area contributed by atoms with E-state index in [1.807, 2.05) is 36.4 Å². The number of rotatable bonds is 1. The van der Waals surface area contributed by atoms with E-state index in [0.717, 1.165) is 11.4 Å². The van der Waals surface area contributed by atoms with E-state index in [1.165, 1.54) is 0 Å². The van der Waals surface area contributed by atoms with Crippen molar-refractivity contribution >= 4 is 0 Å². The molecule has 2 nitrogen and oxygen atoms in total. The van der Waals surface area contributed by atoms with Crippen LogP contribution in [0.4, 0.5) is 0 Å². The van der Waals surface area contributed by atoms with Crippen molar-refractivity contribution in [3.8, 4) is 11.4 Å². The van der Waals surface area contributed by atoms with Gasteiger partial charge in [0.05, 0.1) is 11.4 Å². The second-order valence-electron chi connectivity index (χ2n) is 2.43. The molecule has 2 aromatic rings. The predicted molar refractivity (Wildman–Crippen MR) is 47.5 cm³/mol. The second-order valence-corrected chi connectivity index (χ2v) is 2.43. The van der Waals surface area contributed by atoms with Crippen molar-refractivity contribution in [3.05, 3.63) is 48.8 Å². The molecule has 0 aliphatic rings. The second kappa shape index (κ2) is 5.20. The Kier molecular flexibility index (Phi) is 4.20. The molecule has 0 bridgehead atoms. The minimum Gasteiger partial charge on any atom is -0.255 e. The first kappa shape index (κ1) is 10.5. The molecule has 2 aromatic heterocycles. The molecule has 0 aliphatic carbocycles. The maximum Gasteiger partial charge on any atom is 0.0886 e. The van der Waals surface area contributed by atoms with Gasteiger partial charge in [-0.2, -0.15) is 0 Å². The molecule has 0 aliphatic heterocycles. The van der Waals surface area contributed by atoms with Crippen molar-refractivity contribution in [1.82, 2.24) is 9.97 Å². The van der Waals surface area contributed by atoms with Gasteiger partial charge in [0.2, 0.25) is 0 Å². The van der Waals surface area contributed by atoms with Crippen LogP contribution in [0.25, 0.3) is 11.4 Å². The zero-order valence-electron chi connectivity index (χ0n) is 7.09. The molecule has 2 heterocycles. The summed E-state index contributed by atoms with van der Waals surface area (Å²) in [5.74, 6) is 0. The maximum atomic E-state index is 4.19. The largest absolute Gasteiger partial charge is 0.255 e. The molecular weight excluding hydrogens is 237 g/mol. The van der Waals surface area contributed by atoms with Gasteiger partial charge in [-0.15, -0.1) is 0 Å². The number of pyridine rings is 2. The average molecular weight is 245 g/mol. The van der Waals surface area contributed by atoms with Crippen molar-refractivity contribution in [2.24, 2.45) is 0 Å². The minimum absolute atomic E-state index is 0. The van der Waals surface area contributed by atoms with Crippen molar-refractivity contribution in [3.63, 3.8) is 0 Å². The minimum atomic E-state index is 0.